The van der Waals surface area contributed by atoms with Crippen LogP contribution in [0.25, 0.3) is 0 Å². The molecule has 1 aromatic carbocycles. The van der Waals surface area contributed by atoms with Gasteiger partial charge in [-0.3, -0.25) is 0 Å². The molecule has 0 unspecified atom stereocenters. The third-order valence-corrected chi connectivity index (χ3v) is 4.07. The van der Waals surface area contributed by atoms with Crippen molar-refractivity contribution in [1.29, 1.82) is 0 Å². The number of anilines is 1. The van der Waals surface area contributed by atoms with Gasteiger partial charge >= 0.3 is 6.18 Å². The van der Waals surface area contributed by atoms with E-state index >= 15 is 0 Å². The van der Waals surface area contributed by atoms with Crippen molar-refractivity contribution in [3.05, 3.63) is 28.8 Å². The quantitative estimate of drug-likeness (QED) is 0.841. The Labute approximate surface area is 125 Å². The highest BCUT2D eigenvalue weighted by Gasteiger charge is 2.41. The Hall–Kier alpha value is -1.01. The molecule has 0 aromatic heterocycles. The molecular formula is C13H14ClF3N2S. The summed E-state index contributed by atoms with van der Waals surface area (Å²) < 4.78 is 37.9. The van der Waals surface area contributed by atoms with Gasteiger partial charge in [-0.1, -0.05) is 23.8 Å². The van der Waals surface area contributed by atoms with Crippen LogP contribution < -0.4 is 10.6 Å². The lowest BCUT2D eigenvalue weighted by atomic mass is 9.96. The number of hydrogen-bond donors (Lipinski definition) is 1. The molecule has 0 saturated carbocycles. The molecule has 1 aliphatic heterocycles. The van der Waals surface area contributed by atoms with Gasteiger partial charge in [-0.15, -0.1) is 0 Å². The van der Waals surface area contributed by atoms with Gasteiger partial charge in [-0.2, -0.15) is 13.2 Å². The minimum atomic E-state index is -4.11. The molecule has 0 atom stereocenters. The van der Waals surface area contributed by atoms with E-state index in [-0.39, 0.29) is 17.8 Å². The van der Waals surface area contributed by atoms with Crippen LogP contribution in [-0.4, -0.2) is 24.3 Å². The first-order valence-electron chi connectivity index (χ1n) is 6.20. The van der Waals surface area contributed by atoms with E-state index in [1.165, 1.54) is 0 Å². The van der Waals surface area contributed by atoms with Gasteiger partial charge in [0.05, 0.1) is 16.6 Å². The van der Waals surface area contributed by atoms with Gasteiger partial charge in [-0.05, 0) is 31.0 Å². The summed E-state index contributed by atoms with van der Waals surface area (Å²) in [4.78, 5) is 2.11. The third-order valence-electron chi connectivity index (χ3n) is 3.53. The number of thiocarbonyl (C=S) groups is 1. The zero-order chi connectivity index (χ0) is 14.9. The summed E-state index contributed by atoms with van der Waals surface area (Å²) in [5, 5.41) is 0.459. The van der Waals surface area contributed by atoms with Crippen molar-refractivity contribution >= 4 is 34.5 Å². The zero-order valence-corrected chi connectivity index (χ0v) is 12.2. The molecule has 110 valence electrons. The molecule has 2 nitrogen and oxygen atoms in total. The van der Waals surface area contributed by atoms with Crippen LogP contribution in [0.3, 0.4) is 0 Å². The molecule has 1 heterocycles. The first kappa shape index (κ1) is 15.4. The van der Waals surface area contributed by atoms with Crippen LogP contribution in [0.1, 0.15) is 18.4 Å². The van der Waals surface area contributed by atoms with Crippen molar-refractivity contribution < 1.29 is 13.2 Å². The number of benzene rings is 1. The monoisotopic (exact) mass is 322 g/mol. The van der Waals surface area contributed by atoms with Crippen molar-refractivity contribution in [3.8, 4) is 0 Å². The molecule has 1 saturated heterocycles. The number of nitrogens with two attached hydrogens (primary N) is 1. The van der Waals surface area contributed by atoms with E-state index in [2.05, 4.69) is 0 Å². The van der Waals surface area contributed by atoms with Gasteiger partial charge in [0.15, 0.2) is 0 Å². The fraction of sp³-hybridized carbons (Fsp3) is 0.462. The van der Waals surface area contributed by atoms with E-state index in [9.17, 15) is 13.2 Å². The van der Waals surface area contributed by atoms with Gasteiger partial charge < -0.3 is 10.6 Å². The lowest BCUT2D eigenvalue weighted by Gasteiger charge is -2.34. The van der Waals surface area contributed by atoms with Crippen LogP contribution in [-0.2, 0) is 0 Å². The highest BCUT2D eigenvalue weighted by molar-refractivity contribution is 7.80. The number of hydrogen-bond acceptors (Lipinski definition) is 2. The molecule has 1 aliphatic rings. The standard InChI is InChI=1S/C13H14ClF3N2S/c14-10-7-8(12(18)20)1-2-11(10)19-5-3-9(4-6-19)13(15,16)17/h1-2,7,9H,3-6H2,(H2,18,20). The highest BCUT2D eigenvalue weighted by Crippen LogP contribution is 2.37. The second-order valence-electron chi connectivity index (χ2n) is 4.83. The predicted molar refractivity (Wildman–Crippen MR) is 78.3 cm³/mol. The van der Waals surface area contributed by atoms with Crippen LogP contribution in [0.15, 0.2) is 18.2 Å². The Morgan fingerprint density at radius 3 is 2.35 bits per heavy atom. The van der Waals surface area contributed by atoms with Crippen LogP contribution >= 0.6 is 23.8 Å². The highest BCUT2D eigenvalue weighted by atomic mass is 35.5. The Morgan fingerprint density at radius 1 is 1.30 bits per heavy atom. The average molecular weight is 323 g/mol. The molecule has 0 bridgehead atoms. The first-order chi connectivity index (χ1) is 9.29. The van der Waals surface area contributed by atoms with E-state index in [0.29, 0.717) is 23.7 Å². The molecule has 0 amide bonds. The van der Waals surface area contributed by atoms with E-state index < -0.39 is 12.1 Å². The Morgan fingerprint density at radius 2 is 1.90 bits per heavy atom. The maximum Gasteiger partial charge on any atom is 0.391 e. The SMILES string of the molecule is NC(=S)c1ccc(N2CCC(C(F)(F)F)CC2)c(Cl)c1. The van der Waals surface area contributed by atoms with Gasteiger partial charge in [0.2, 0.25) is 0 Å². The van der Waals surface area contributed by atoms with Crippen molar-refractivity contribution in [2.75, 3.05) is 18.0 Å². The molecule has 0 spiro atoms. The maximum absolute atomic E-state index is 12.6. The zero-order valence-electron chi connectivity index (χ0n) is 10.6. The predicted octanol–water partition coefficient (Wildman–Crippen LogP) is 3.75. The van der Waals surface area contributed by atoms with Crippen LogP contribution in [0.5, 0.6) is 0 Å². The average Bonchev–Trinajstić information content (AvgIpc) is 2.37. The third kappa shape index (κ3) is 3.35. The molecule has 7 heteroatoms. The van der Waals surface area contributed by atoms with Gasteiger partial charge in [-0.25, -0.2) is 0 Å². The second-order valence-corrected chi connectivity index (χ2v) is 5.68. The fourth-order valence-corrected chi connectivity index (χ4v) is 2.79. The summed E-state index contributed by atoms with van der Waals surface area (Å²) in [6.07, 6.45) is -3.92. The van der Waals surface area contributed by atoms with E-state index in [4.69, 9.17) is 29.6 Å². The van der Waals surface area contributed by atoms with Crippen LogP contribution in [0.4, 0.5) is 18.9 Å². The summed E-state index contributed by atoms with van der Waals surface area (Å²) in [5.41, 5.74) is 6.89. The van der Waals surface area contributed by atoms with E-state index in [1.807, 2.05) is 4.90 Å². The fourth-order valence-electron chi connectivity index (χ4n) is 2.36. The summed E-state index contributed by atoms with van der Waals surface area (Å²) in [6.45, 7) is 0.687. The maximum atomic E-state index is 12.6. The number of halogens is 4. The van der Waals surface area contributed by atoms with E-state index in [0.717, 1.165) is 5.69 Å². The van der Waals surface area contributed by atoms with Crippen molar-refractivity contribution in [2.45, 2.75) is 19.0 Å². The number of piperidine rings is 1. The van der Waals surface area contributed by atoms with Crippen molar-refractivity contribution in [3.63, 3.8) is 0 Å². The van der Waals surface area contributed by atoms with Gasteiger partial charge in [0.25, 0.3) is 0 Å². The molecule has 0 aliphatic carbocycles. The minimum Gasteiger partial charge on any atom is -0.389 e. The number of nitrogens with zero attached hydrogens (tertiary/aromatic N) is 1. The normalized spacial score (nSPS) is 17.3. The molecule has 0 radical (unpaired) electrons. The second kappa shape index (κ2) is 5.77. The van der Waals surface area contributed by atoms with E-state index in [1.54, 1.807) is 18.2 Å². The topological polar surface area (TPSA) is 29.3 Å². The molecule has 20 heavy (non-hydrogen) atoms. The lowest BCUT2D eigenvalue weighted by Crippen LogP contribution is -2.39. The molecule has 2 rings (SSSR count). The van der Waals surface area contributed by atoms with Crippen LogP contribution in [0, 0.1) is 5.92 Å². The summed E-state index contributed by atoms with van der Waals surface area (Å²) >= 11 is 11.0. The molecular weight excluding hydrogens is 309 g/mol. The number of rotatable bonds is 2. The lowest BCUT2D eigenvalue weighted by molar-refractivity contribution is -0.179. The first-order valence-corrected chi connectivity index (χ1v) is 6.98. The minimum absolute atomic E-state index is 0.0941. The molecule has 1 fully saturated rings. The van der Waals surface area contributed by atoms with Gasteiger partial charge in [0, 0.05) is 18.7 Å². The number of alkyl halides is 3. The van der Waals surface area contributed by atoms with Crippen LogP contribution in [0.2, 0.25) is 5.02 Å². The Kier molecular flexibility index (Phi) is 4.44. The summed E-state index contributed by atoms with van der Waals surface area (Å²) in [5.74, 6) is -1.21. The van der Waals surface area contributed by atoms with Crippen molar-refractivity contribution in [1.82, 2.24) is 0 Å². The van der Waals surface area contributed by atoms with Gasteiger partial charge in [0.1, 0.15) is 4.99 Å². The van der Waals surface area contributed by atoms with Crippen molar-refractivity contribution in [2.24, 2.45) is 11.7 Å². The summed E-state index contributed by atoms with van der Waals surface area (Å²) in [7, 11) is 0. The Bertz CT molecular complexity index is 511. The Balaban J connectivity index is 2.09. The molecule has 2 N–H and O–H groups in total. The summed E-state index contributed by atoms with van der Waals surface area (Å²) in [6, 6.07) is 5.14. The smallest absolute Gasteiger partial charge is 0.389 e. The molecule has 1 aromatic rings. The largest absolute Gasteiger partial charge is 0.391 e.